The van der Waals surface area contributed by atoms with Crippen molar-refractivity contribution in [2.24, 2.45) is 0 Å². The molecule has 3 aromatic rings. The second kappa shape index (κ2) is 10.2. The van der Waals surface area contributed by atoms with Crippen molar-refractivity contribution in [3.8, 4) is 11.4 Å². The van der Waals surface area contributed by atoms with E-state index in [1.165, 1.54) is 36.4 Å². The number of aromatic nitrogens is 4. The summed E-state index contributed by atoms with van der Waals surface area (Å²) in [6, 6.07) is 9.53. The molecule has 1 aromatic heterocycles. The maximum atomic E-state index is 13.3. The van der Waals surface area contributed by atoms with Crippen LogP contribution in [0.1, 0.15) is 31.2 Å². The van der Waals surface area contributed by atoms with Crippen molar-refractivity contribution in [2.75, 3.05) is 11.4 Å². The van der Waals surface area contributed by atoms with E-state index < -0.39 is 42.5 Å². The zero-order chi connectivity index (χ0) is 25.0. The highest BCUT2D eigenvalue weighted by molar-refractivity contribution is 5.98. The number of nitrogens with one attached hydrogen (secondary N) is 1. The monoisotopic (exact) mass is 490 g/mol. The van der Waals surface area contributed by atoms with Crippen LogP contribution < -0.4 is 10.2 Å². The van der Waals surface area contributed by atoms with E-state index in [-0.39, 0.29) is 17.6 Å². The molecule has 0 aliphatic heterocycles. The Morgan fingerprint density at radius 1 is 1.09 bits per heavy atom. The Bertz CT molecular complexity index is 1190. The fourth-order valence-electron chi connectivity index (χ4n) is 3.89. The normalized spacial score (nSPS) is 14.2. The second-order valence-corrected chi connectivity index (χ2v) is 8.23. The molecule has 184 valence electrons. The van der Waals surface area contributed by atoms with Gasteiger partial charge in [0, 0.05) is 17.3 Å². The zero-order valence-electron chi connectivity index (χ0n) is 18.5. The van der Waals surface area contributed by atoms with Gasteiger partial charge in [0.1, 0.15) is 18.9 Å². The molecule has 1 saturated carbocycles. The van der Waals surface area contributed by atoms with Gasteiger partial charge in [-0.05, 0) is 60.5 Å². The van der Waals surface area contributed by atoms with Crippen molar-refractivity contribution < 1.29 is 27.2 Å². The number of benzene rings is 2. The Kier molecular flexibility index (Phi) is 7.08. The summed E-state index contributed by atoms with van der Waals surface area (Å²) in [5.41, 5.74) is -0.553. The topological polar surface area (TPSA) is 93.0 Å². The van der Waals surface area contributed by atoms with E-state index >= 15 is 0 Å². The zero-order valence-corrected chi connectivity index (χ0v) is 18.5. The van der Waals surface area contributed by atoms with Crippen molar-refractivity contribution in [3.63, 3.8) is 0 Å². The van der Waals surface area contributed by atoms with Crippen molar-refractivity contribution in [3.05, 3.63) is 59.9 Å². The number of anilines is 1. The summed E-state index contributed by atoms with van der Waals surface area (Å²) in [4.78, 5) is 27.7. The predicted octanol–water partition coefficient (Wildman–Crippen LogP) is 3.59. The summed E-state index contributed by atoms with van der Waals surface area (Å²) in [7, 11) is 0. The molecule has 0 saturated heterocycles. The third kappa shape index (κ3) is 6.19. The van der Waals surface area contributed by atoms with Gasteiger partial charge >= 0.3 is 6.18 Å². The Balaban J connectivity index is 1.55. The Hall–Kier alpha value is -3.83. The average molecular weight is 490 g/mol. The van der Waals surface area contributed by atoms with E-state index in [4.69, 9.17) is 0 Å². The predicted molar refractivity (Wildman–Crippen MR) is 117 cm³/mol. The van der Waals surface area contributed by atoms with E-state index in [1.807, 2.05) is 0 Å². The molecule has 8 nitrogen and oxygen atoms in total. The quantitative estimate of drug-likeness (QED) is 0.511. The van der Waals surface area contributed by atoms with Gasteiger partial charge in [-0.1, -0.05) is 18.9 Å². The fraction of sp³-hybridized carbons (Fsp3) is 0.348. The molecular formula is C23H22F4N6O2. The molecule has 1 fully saturated rings. The molecule has 2 aromatic carbocycles. The van der Waals surface area contributed by atoms with E-state index in [9.17, 15) is 27.2 Å². The first-order valence-corrected chi connectivity index (χ1v) is 11.0. The number of hydrogen-bond donors (Lipinski definition) is 1. The van der Waals surface area contributed by atoms with Crippen LogP contribution in [0.15, 0.2) is 48.5 Å². The number of hydrogen-bond acceptors (Lipinski definition) is 5. The molecule has 2 amide bonds. The molecule has 0 radical (unpaired) electrons. The molecule has 1 N–H and O–H groups in total. The lowest BCUT2D eigenvalue weighted by Gasteiger charge is -2.24. The number of amides is 2. The van der Waals surface area contributed by atoms with Gasteiger partial charge in [0.15, 0.2) is 0 Å². The van der Waals surface area contributed by atoms with Crippen LogP contribution in [0.25, 0.3) is 11.4 Å². The number of carbonyl (C=O) groups excluding carboxylic acids is 2. The van der Waals surface area contributed by atoms with Crippen molar-refractivity contribution in [1.82, 2.24) is 25.5 Å². The lowest BCUT2D eigenvalue weighted by Crippen LogP contribution is -2.45. The van der Waals surface area contributed by atoms with Gasteiger partial charge in [0.25, 0.3) is 5.91 Å². The van der Waals surface area contributed by atoms with Gasteiger partial charge in [0.05, 0.1) is 5.56 Å². The minimum atomic E-state index is -4.62. The highest BCUT2D eigenvalue weighted by Gasteiger charge is 2.32. The number of carbonyl (C=O) groups is 2. The lowest BCUT2D eigenvalue weighted by atomic mass is 10.1. The molecule has 0 unspecified atom stereocenters. The molecule has 0 bridgehead atoms. The number of tetrazole rings is 1. The number of rotatable bonds is 7. The number of alkyl halides is 3. The summed E-state index contributed by atoms with van der Waals surface area (Å²) < 4.78 is 52.9. The van der Waals surface area contributed by atoms with Crippen LogP contribution in [-0.4, -0.2) is 44.6 Å². The summed E-state index contributed by atoms with van der Waals surface area (Å²) in [6.07, 6.45) is -1.02. The summed E-state index contributed by atoms with van der Waals surface area (Å²) in [5.74, 6) is -1.47. The average Bonchev–Trinajstić information content (AvgIpc) is 3.50. The first-order valence-electron chi connectivity index (χ1n) is 11.0. The molecular weight excluding hydrogens is 468 g/mol. The summed E-state index contributed by atoms with van der Waals surface area (Å²) >= 11 is 0. The molecule has 4 rings (SSSR count). The molecule has 0 spiro atoms. The summed E-state index contributed by atoms with van der Waals surface area (Å²) in [5, 5.41) is 14.6. The van der Waals surface area contributed by atoms with E-state index in [0.29, 0.717) is 5.56 Å². The number of nitrogens with zero attached hydrogens (tertiary/aromatic N) is 5. The van der Waals surface area contributed by atoms with Gasteiger partial charge in [-0.15, -0.1) is 10.2 Å². The maximum Gasteiger partial charge on any atom is 0.416 e. The van der Waals surface area contributed by atoms with Gasteiger partial charge in [-0.3, -0.25) is 9.59 Å². The van der Waals surface area contributed by atoms with Crippen LogP contribution in [-0.2, 0) is 22.3 Å². The van der Waals surface area contributed by atoms with Crippen LogP contribution in [0.3, 0.4) is 0 Å². The standard InChI is InChI=1S/C23H22F4N6O2/c24-17-10-8-15(9-11-17)22-29-31-33(30-22)14-21(35)32(13-20(34)28-18-5-1-2-6-18)19-7-3-4-16(12-19)23(25,26)27/h3-4,7-12,18H,1-2,5-6,13-14H2,(H,28,34). The maximum absolute atomic E-state index is 13.3. The van der Waals surface area contributed by atoms with Gasteiger partial charge in [-0.25, -0.2) is 4.39 Å². The van der Waals surface area contributed by atoms with Crippen molar-refractivity contribution in [1.29, 1.82) is 0 Å². The Labute approximate surface area is 197 Å². The van der Waals surface area contributed by atoms with Crippen LogP contribution >= 0.6 is 0 Å². The Morgan fingerprint density at radius 3 is 2.49 bits per heavy atom. The third-order valence-electron chi connectivity index (χ3n) is 5.64. The van der Waals surface area contributed by atoms with E-state index in [2.05, 4.69) is 20.7 Å². The van der Waals surface area contributed by atoms with Crippen LogP contribution in [0.5, 0.6) is 0 Å². The highest BCUT2D eigenvalue weighted by atomic mass is 19.4. The van der Waals surface area contributed by atoms with Crippen LogP contribution in [0.4, 0.5) is 23.2 Å². The second-order valence-electron chi connectivity index (χ2n) is 8.23. The molecule has 1 heterocycles. The minimum Gasteiger partial charge on any atom is -0.352 e. The molecule has 1 aliphatic rings. The number of halogens is 4. The van der Waals surface area contributed by atoms with Crippen LogP contribution in [0, 0.1) is 5.82 Å². The fourth-order valence-corrected chi connectivity index (χ4v) is 3.89. The molecule has 35 heavy (non-hydrogen) atoms. The van der Waals surface area contributed by atoms with E-state index in [0.717, 1.165) is 47.5 Å². The highest BCUT2D eigenvalue weighted by Crippen LogP contribution is 2.31. The summed E-state index contributed by atoms with van der Waals surface area (Å²) in [6.45, 7) is -0.933. The minimum absolute atomic E-state index is 0.0174. The van der Waals surface area contributed by atoms with Crippen LogP contribution in [0.2, 0.25) is 0 Å². The van der Waals surface area contributed by atoms with Crippen molar-refractivity contribution >= 4 is 17.5 Å². The third-order valence-corrected chi connectivity index (χ3v) is 5.64. The molecule has 1 aliphatic carbocycles. The largest absolute Gasteiger partial charge is 0.416 e. The molecule has 0 atom stereocenters. The van der Waals surface area contributed by atoms with Gasteiger partial charge < -0.3 is 10.2 Å². The SMILES string of the molecule is O=C(CN(C(=O)Cn1nnc(-c2ccc(F)cc2)n1)c1cccc(C(F)(F)F)c1)NC1CCCC1. The lowest BCUT2D eigenvalue weighted by molar-refractivity contribution is -0.137. The first kappa shape index (κ1) is 24.3. The van der Waals surface area contributed by atoms with Crippen molar-refractivity contribution in [2.45, 2.75) is 44.4 Å². The smallest absolute Gasteiger partial charge is 0.352 e. The molecule has 12 heteroatoms. The Morgan fingerprint density at radius 2 is 1.80 bits per heavy atom. The van der Waals surface area contributed by atoms with E-state index in [1.54, 1.807) is 0 Å². The first-order chi connectivity index (χ1) is 16.7. The van der Waals surface area contributed by atoms with Gasteiger partial charge in [0.2, 0.25) is 11.7 Å². The van der Waals surface area contributed by atoms with Gasteiger partial charge in [-0.2, -0.15) is 18.0 Å².